The van der Waals surface area contributed by atoms with E-state index in [-0.39, 0.29) is 23.2 Å². The Balaban J connectivity index is 1.60. The van der Waals surface area contributed by atoms with E-state index in [1.807, 2.05) is 72.8 Å². The van der Waals surface area contributed by atoms with E-state index >= 15 is 0 Å². The van der Waals surface area contributed by atoms with E-state index in [1.165, 1.54) is 0 Å². The Labute approximate surface area is 225 Å². The number of nitrogens with zero attached hydrogens (tertiary/aromatic N) is 2. The second-order valence-corrected chi connectivity index (χ2v) is 9.20. The van der Waals surface area contributed by atoms with Crippen LogP contribution in [0.3, 0.4) is 0 Å². The van der Waals surface area contributed by atoms with Crippen LogP contribution in [-0.4, -0.2) is 26.9 Å². The van der Waals surface area contributed by atoms with Crippen molar-refractivity contribution < 1.29 is 9.59 Å². The van der Waals surface area contributed by atoms with Gasteiger partial charge in [0.1, 0.15) is 11.4 Å². The lowest BCUT2D eigenvalue weighted by molar-refractivity contribution is 0.0876. The van der Waals surface area contributed by atoms with Crippen molar-refractivity contribution in [2.75, 3.05) is 0 Å². The van der Waals surface area contributed by atoms with Crippen LogP contribution in [0, 0.1) is 0 Å². The number of pyridine rings is 2. The van der Waals surface area contributed by atoms with Gasteiger partial charge in [0.05, 0.1) is 36.6 Å². The maximum Gasteiger partial charge on any atom is 0.270 e. The van der Waals surface area contributed by atoms with Crippen molar-refractivity contribution >= 4 is 29.1 Å². The van der Waals surface area contributed by atoms with Gasteiger partial charge in [-0.15, -0.1) is 0 Å². The molecule has 4 bridgehead atoms. The molecule has 8 nitrogen and oxygen atoms in total. The zero-order valence-electron chi connectivity index (χ0n) is 20.4. The van der Waals surface area contributed by atoms with E-state index in [2.05, 4.69) is 31.2 Å². The molecule has 0 spiro atoms. The van der Waals surface area contributed by atoms with Crippen molar-refractivity contribution in [2.24, 2.45) is 0 Å². The maximum atomic E-state index is 13.5. The highest BCUT2D eigenvalue weighted by Crippen LogP contribution is 2.30. The molecule has 4 N–H and O–H groups in total. The van der Waals surface area contributed by atoms with Crippen molar-refractivity contribution in [3.8, 4) is 0 Å². The quantitative estimate of drug-likeness (QED) is 0.298. The summed E-state index contributed by atoms with van der Waals surface area (Å²) in [5.74, 6) is -0.720. The summed E-state index contributed by atoms with van der Waals surface area (Å²) >= 11 is 5.38. The average Bonchev–Trinajstić information content (AvgIpc) is 2.97. The lowest BCUT2D eigenvalue weighted by Gasteiger charge is -2.30. The third-order valence-corrected chi connectivity index (χ3v) is 6.45. The Hall–Kier alpha value is -4.63. The fourth-order valence-electron chi connectivity index (χ4n) is 4.28. The fourth-order valence-corrected chi connectivity index (χ4v) is 4.43. The van der Waals surface area contributed by atoms with E-state index in [0.717, 1.165) is 11.1 Å². The summed E-state index contributed by atoms with van der Waals surface area (Å²) < 4.78 is 0. The van der Waals surface area contributed by atoms with Gasteiger partial charge in [-0.3, -0.25) is 9.59 Å². The van der Waals surface area contributed by atoms with E-state index in [4.69, 9.17) is 12.2 Å². The first-order valence-electron chi connectivity index (χ1n) is 12.2. The zero-order chi connectivity index (χ0) is 26.3. The van der Waals surface area contributed by atoms with Gasteiger partial charge in [0, 0.05) is 0 Å². The van der Waals surface area contributed by atoms with Gasteiger partial charge in [-0.1, -0.05) is 72.8 Å². The Morgan fingerprint density at radius 3 is 1.42 bits per heavy atom. The Kier molecular flexibility index (Phi) is 7.65. The molecule has 1 aliphatic rings. The van der Waals surface area contributed by atoms with Crippen LogP contribution in [0.1, 0.15) is 55.6 Å². The monoisotopic (exact) mass is 522 g/mol. The molecule has 9 heteroatoms. The molecular weight excluding hydrogens is 496 g/mol. The van der Waals surface area contributed by atoms with E-state index in [0.29, 0.717) is 29.6 Å². The SMILES string of the molecule is O=C1NC(c2ccccc2)[C@H](c2ccccc2)NC(=O)c2cccc(n2)CNC(=S)NCc2cccc1n2. The highest BCUT2D eigenvalue weighted by molar-refractivity contribution is 7.80. The molecule has 0 radical (unpaired) electrons. The predicted octanol–water partition coefficient (Wildman–Crippen LogP) is 3.60. The van der Waals surface area contributed by atoms with Gasteiger partial charge in [-0.25, -0.2) is 9.97 Å². The lowest BCUT2D eigenvalue weighted by atomic mass is 9.92. The average molecular weight is 523 g/mol. The first-order chi connectivity index (χ1) is 18.6. The number of fused-ring (bicyclic) bond motifs is 4. The van der Waals surface area contributed by atoms with Crippen LogP contribution < -0.4 is 21.3 Å². The molecule has 1 aliphatic heterocycles. The van der Waals surface area contributed by atoms with Crippen LogP contribution in [0.4, 0.5) is 0 Å². The summed E-state index contributed by atoms with van der Waals surface area (Å²) in [6.45, 7) is 0.685. The summed E-state index contributed by atoms with van der Waals surface area (Å²) in [6, 6.07) is 28.5. The first kappa shape index (κ1) is 25.0. The van der Waals surface area contributed by atoms with Crippen LogP contribution >= 0.6 is 12.2 Å². The topological polar surface area (TPSA) is 108 Å². The minimum atomic E-state index is -0.591. The number of benzene rings is 2. The number of carbonyl (C=O) groups is 2. The minimum absolute atomic E-state index is 0.264. The normalized spacial score (nSPS) is 18.3. The van der Waals surface area contributed by atoms with Gasteiger partial charge in [0.25, 0.3) is 11.8 Å². The van der Waals surface area contributed by atoms with E-state index < -0.39 is 12.1 Å². The summed E-state index contributed by atoms with van der Waals surface area (Å²) in [7, 11) is 0. The lowest BCUT2D eigenvalue weighted by Crippen LogP contribution is -2.41. The number of thiocarbonyl (C=S) groups is 1. The minimum Gasteiger partial charge on any atom is -0.357 e. The van der Waals surface area contributed by atoms with Crippen LogP contribution in [-0.2, 0) is 13.1 Å². The number of rotatable bonds is 2. The summed E-state index contributed by atoms with van der Waals surface area (Å²) in [5, 5.41) is 12.9. The number of amides is 2. The van der Waals surface area contributed by atoms with Crippen molar-refractivity contribution in [2.45, 2.75) is 25.2 Å². The van der Waals surface area contributed by atoms with Gasteiger partial charge in [-0.05, 0) is 47.6 Å². The molecular formula is C29H26N6O2S. The molecule has 38 heavy (non-hydrogen) atoms. The van der Waals surface area contributed by atoms with Gasteiger partial charge < -0.3 is 21.3 Å². The molecule has 0 aliphatic carbocycles. The van der Waals surface area contributed by atoms with Gasteiger partial charge in [0.2, 0.25) is 0 Å². The molecule has 4 aromatic rings. The maximum absolute atomic E-state index is 13.5. The summed E-state index contributed by atoms with van der Waals surface area (Å²) in [5.41, 5.74) is 3.52. The molecule has 2 atom stereocenters. The standard InChI is InChI=1S/C29H26N6O2S/c36-27-23-15-7-13-21(32-23)17-30-29(38)31-18-22-14-8-16-24(33-22)28(37)35-26(20-11-5-2-6-12-20)25(34-27)19-9-3-1-4-10-19/h1-16,25-26H,17-18H2,(H,34,36)(H,35,37)(H2,30,31,38)/t25-,26?/m0/s1. The summed E-state index contributed by atoms with van der Waals surface area (Å²) in [6.07, 6.45) is 0. The van der Waals surface area contributed by atoms with Crippen molar-refractivity contribution in [1.82, 2.24) is 31.2 Å². The second-order valence-electron chi connectivity index (χ2n) is 8.79. The molecule has 2 aromatic heterocycles. The molecule has 3 heterocycles. The number of hydrogen-bond donors (Lipinski definition) is 4. The van der Waals surface area contributed by atoms with Gasteiger partial charge >= 0.3 is 0 Å². The molecule has 1 unspecified atom stereocenters. The van der Waals surface area contributed by atoms with Crippen LogP contribution in [0.15, 0.2) is 97.1 Å². The number of hydrogen-bond acceptors (Lipinski definition) is 5. The molecule has 2 aromatic carbocycles. The molecule has 190 valence electrons. The van der Waals surface area contributed by atoms with Crippen molar-refractivity contribution in [1.29, 1.82) is 0 Å². The smallest absolute Gasteiger partial charge is 0.270 e. The molecule has 5 rings (SSSR count). The van der Waals surface area contributed by atoms with Crippen molar-refractivity contribution in [3.63, 3.8) is 0 Å². The van der Waals surface area contributed by atoms with Crippen LogP contribution in [0.25, 0.3) is 0 Å². The predicted molar refractivity (Wildman–Crippen MR) is 148 cm³/mol. The highest BCUT2D eigenvalue weighted by atomic mass is 32.1. The molecule has 2 amide bonds. The number of nitrogens with one attached hydrogen (secondary N) is 4. The summed E-state index contributed by atoms with van der Waals surface area (Å²) in [4.78, 5) is 36.1. The molecule has 0 saturated heterocycles. The molecule has 0 saturated carbocycles. The number of carbonyl (C=O) groups excluding carboxylic acids is 2. The van der Waals surface area contributed by atoms with Crippen molar-refractivity contribution in [3.05, 3.63) is 131 Å². The third-order valence-electron chi connectivity index (χ3n) is 6.16. The van der Waals surface area contributed by atoms with E-state index in [1.54, 1.807) is 24.3 Å². The Bertz CT molecular complexity index is 1340. The largest absolute Gasteiger partial charge is 0.357 e. The number of aromatic nitrogens is 2. The fraction of sp³-hybridized carbons (Fsp3) is 0.138. The molecule has 0 fully saturated rings. The Morgan fingerprint density at radius 1 is 0.579 bits per heavy atom. The van der Waals surface area contributed by atoms with Crippen LogP contribution in [0.2, 0.25) is 0 Å². The second kappa shape index (κ2) is 11.6. The third kappa shape index (κ3) is 6.01. The first-order valence-corrected chi connectivity index (χ1v) is 12.6. The zero-order valence-corrected chi connectivity index (χ0v) is 21.2. The highest BCUT2D eigenvalue weighted by Gasteiger charge is 2.29. The Morgan fingerprint density at radius 2 is 1.00 bits per heavy atom. The van der Waals surface area contributed by atoms with Gasteiger partial charge in [0.15, 0.2) is 5.11 Å². The van der Waals surface area contributed by atoms with Gasteiger partial charge in [-0.2, -0.15) is 0 Å². The van der Waals surface area contributed by atoms with E-state index in [9.17, 15) is 9.59 Å². The van der Waals surface area contributed by atoms with Crippen LogP contribution in [0.5, 0.6) is 0 Å².